The number of carbonyl (C=O) groups is 1. The lowest BCUT2D eigenvalue weighted by atomic mass is 9.96. The van der Waals surface area contributed by atoms with Gasteiger partial charge in [-0.15, -0.1) is 0 Å². The summed E-state index contributed by atoms with van der Waals surface area (Å²) in [6.07, 6.45) is 1.19. The average Bonchev–Trinajstić information content (AvgIpc) is 2.70. The van der Waals surface area contributed by atoms with Gasteiger partial charge in [-0.25, -0.2) is 4.39 Å². The number of Topliss-reactive ketones (excluding diaryl/α,β-unsaturated/α-hetero) is 1. The summed E-state index contributed by atoms with van der Waals surface area (Å²) >= 11 is 3.33. The van der Waals surface area contributed by atoms with Gasteiger partial charge in [-0.05, 0) is 37.1 Å². The monoisotopic (exact) mass is 300 g/mol. The normalized spacial score (nSPS) is 23.9. The van der Waals surface area contributed by atoms with Gasteiger partial charge in [0.05, 0.1) is 12.7 Å². The molecule has 92 valence electrons. The molecule has 1 aromatic carbocycles. The predicted octanol–water partition coefficient (Wildman–Crippen LogP) is 3.12. The molecule has 4 heteroatoms. The van der Waals surface area contributed by atoms with Crippen LogP contribution in [-0.4, -0.2) is 18.5 Å². The number of ketones is 1. The molecule has 1 aromatic rings. The Morgan fingerprint density at radius 2 is 2.35 bits per heavy atom. The quantitative estimate of drug-likeness (QED) is 0.857. The van der Waals surface area contributed by atoms with Crippen molar-refractivity contribution in [1.29, 1.82) is 0 Å². The Bertz CT molecular complexity index is 433. The van der Waals surface area contributed by atoms with E-state index in [0.29, 0.717) is 12.2 Å². The fourth-order valence-corrected chi connectivity index (χ4v) is 2.44. The third-order valence-electron chi connectivity index (χ3n) is 3.03. The molecule has 2 unspecified atom stereocenters. The summed E-state index contributed by atoms with van der Waals surface area (Å²) in [6.45, 7) is 2.46. The second kappa shape index (κ2) is 5.27. The van der Waals surface area contributed by atoms with Gasteiger partial charge in [0.2, 0.25) is 0 Å². The van der Waals surface area contributed by atoms with Crippen LogP contribution < -0.4 is 0 Å². The van der Waals surface area contributed by atoms with E-state index >= 15 is 0 Å². The Balaban J connectivity index is 2.05. The Morgan fingerprint density at radius 3 is 3.00 bits per heavy atom. The number of carbonyl (C=O) groups excluding carboxylic acids is 1. The van der Waals surface area contributed by atoms with Gasteiger partial charge in [0.25, 0.3) is 0 Å². The zero-order valence-corrected chi connectivity index (χ0v) is 11.2. The van der Waals surface area contributed by atoms with E-state index in [4.69, 9.17) is 4.74 Å². The summed E-state index contributed by atoms with van der Waals surface area (Å²) in [5.41, 5.74) is 0.703. The van der Waals surface area contributed by atoms with E-state index in [1.807, 2.05) is 6.92 Å². The van der Waals surface area contributed by atoms with Crippen molar-refractivity contribution in [2.45, 2.75) is 25.9 Å². The molecule has 0 saturated carbocycles. The highest BCUT2D eigenvalue weighted by Gasteiger charge is 2.28. The molecule has 0 bridgehead atoms. The van der Waals surface area contributed by atoms with Crippen molar-refractivity contribution in [1.82, 2.24) is 0 Å². The second-order valence-corrected chi connectivity index (χ2v) is 5.31. The molecule has 1 heterocycles. The van der Waals surface area contributed by atoms with E-state index in [9.17, 15) is 9.18 Å². The van der Waals surface area contributed by atoms with Crippen LogP contribution in [0.15, 0.2) is 22.7 Å². The van der Waals surface area contributed by atoms with Crippen molar-refractivity contribution in [3.8, 4) is 0 Å². The molecule has 17 heavy (non-hydrogen) atoms. The fraction of sp³-hybridized carbons (Fsp3) is 0.462. The molecule has 0 aliphatic carbocycles. The first-order valence-corrected chi connectivity index (χ1v) is 6.44. The molecule has 2 atom stereocenters. The summed E-state index contributed by atoms with van der Waals surface area (Å²) in [7, 11) is 0. The smallest absolute Gasteiger partial charge is 0.142 e. The van der Waals surface area contributed by atoms with Crippen molar-refractivity contribution < 1.29 is 13.9 Å². The number of benzene rings is 1. The molecule has 0 spiro atoms. The highest BCUT2D eigenvalue weighted by atomic mass is 79.9. The van der Waals surface area contributed by atoms with E-state index < -0.39 is 0 Å². The third-order valence-corrected chi connectivity index (χ3v) is 3.80. The summed E-state index contributed by atoms with van der Waals surface area (Å²) in [4.78, 5) is 12.0. The minimum absolute atomic E-state index is 0.0415. The van der Waals surface area contributed by atoms with E-state index in [1.54, 1.807) is 6.07 Å². The van der Waals surface area contributed by atoms with Crippen LogP contribution in [0.25, 0.3) is 0 Å². The summed E-state index contributed by atoms with van der Waals surface area (Å²) in [5, 5.41) is 0. The third kappa shape index (κ3) is 3.13. The zero-order chi connectivity index (χ0) is 12.4. The Kier molecular flexibility index (Phi) is 3.94. The van der Waals surface area contributed by atoms with Crippen LogP contribution in [0.3, 0.4) is 0 Å². The molecule has 0 N–H and O–H groups in total. The van der Waals surface area contributed by atoms with Crippen LogP contribution in [0, 0.1) is 11.7 Å². The largest absolute Gasteiger partial charge is 0.378 e. The minimum Gasteiger partial charge on any atom is -0.378 e. The minimum atomic E-state index is -0.313. The molecule has 2 rings (SSSR count). The van der Waals surface area contributed by atoms with E-state index in [1.165, 1.54) is 12.1 Å². The van der Waals surface area contributed by atoms with Crippen LogP contribution in [0.1, 0.15) is 18.9 Å². The lowest BCUT2D eigenvalue weighted by Crippen LogP contribution is -2.17. The topological polar surface area (TPSA) is 26.3 Å². The van der Waals surface area contributed by atoms with Gasteiger partial charge in [-0.1, -0.05) is 15.9 Å². The lowest BCUT2D eigenvalue weighted by Gasteiger charge is -2.08. The molecule has 1 saturated heterocycles. The van der Waals surface area contributed by atoms with Crippen LogP contribution >= 0.6 is 15.9 Å². The zero-order valence-electron chi connectivity index (χ0n) is 9.58. The molecule has 1 aliphatic heterocycles. The molecular weight excluding hydrogens is 287 g/mol. The highest BCUT2D eigenvalue weighted by molar-refractivity contribution is 9.10. The predicted molar refractivity (Wildman–Crippen MR) is 66.3 cm³/mol. The summed E-state index contributed by atoms with van der Waals surface area (Å²) in [5.74, 6) is -0.229. The maximum atomic E-state index is 13.1. The average molecular weight is 301 g/mol. The molecule has 0 aromatic heterocycles. The maximum Gasteiger partial charge on any atom is 0.142 e. The lowest BCUT2D eigenvalue weighted by molar-refractivity contribution is -0.122. The van der Waals surface area contributed by atoms with Crippen molar-refractivity contribution in [3.05, 3.63) is 34.1 Å². The Labute approximate surface area is 108 Å². The highest BCUT2D eigenvalue weighted by Crippen LogP contribution is 2.24. The van der Waals surface area contributed by atoms with Gasteiger partial charge in [-0.2, -0.15) is 0 Å². The molecule has 0 radical (unpaired) electrons. The summed E-state index contributed by atoms with van der Waals surface area (Å²) in [6, 6.07) is 4.41. The van der Waals surface area contributed by atoms with Gasteiger partial charge in [0, 0.05) is 16.8 Å². The number of ether oxygens (including phenoxy) is 1. The van der Waals surface area contributed by atoms with Crippen LogP contribution in [0.2, 0.25) is 0 Å². The first-order valence-electron chi connectivity index (χ1n) is 5.64. The van der Waals surface area contributed by atoms with Crippen molar-refractivity contribution in [2.24, 2.45) is 5.92 Å². The molecule has 0 amide bonds. The van der Waals surface area contributed by atoms with Crippen LogP contribution in [-0.2, 0) is 16.0 Å². The standard InChI is InChI=1S/C13H14BrFO2/c1-8-4-10(7-17-8)13(16)6-9-5-11(15)2-3-12(9)14/h2-3,5,8,10H,4,6-7H2,1H3. The molecule has 2 nitrogen and oxygen atoms in total. The van der Waals surface area contributed by atoms with Crippen LogP contribution in [0.5, 0.6) is 0 Å². The number of hydrogen-bond acceptors (Lipinski definition) is 2. The van der Waals surface area contributed by atoms with Gasteiger partial charge in [0.1, 0.15) is 11.6 Å². The van der Waals surface area contributed by atoms with Crippen molar-refractivity contribution in [2.75, 3.05) is 6.61 Å². The molecule has 1 fully saturated rings. The summed E-state index contributed by atoms with van der Waals surface area (Å²) < 4.78 is 19.2. The van der Waals surface area contributed by atoms with Gasteiger partial charge < -0.3 is 4.74 Å². The second-order valence-electron chi connectivity index (χ2n) is 4.46. The van der Waals surface area contributed by atoms with Crippen molar-refractivity contribution in [3.63, 3.8) is 0 Å². The number of halogens is 2. The fourth-order valence-electron chi connectivity index (χ4n) is 2.05. The van der Waals surface area contributed by atoms with Gasteiger partial charge >= 0.3 is 0 Å². The maximum absolute atomic E-state index is 13.1. The number of rotatable bonds is 3. The SMILES string of the molecule is CC1CC(C(=O)Cc2cc(F)ccc2Br)CO1. The Hall–Kier alpha value is -0.740. The van der Waals surface area contributed by atoms with E-state index in [2.05, 4.69) is 15.9 Å². The number of hydrogen-bond donors (Lipinski definition) is 0. The first kappa shape index (κ1) is 12.7. The van der Waals surface area contributed by atoms with E-state index in [-0.39, 0.29) is 30.0 Å². The van der Waals surface area contributed by atoms with Gasteiger partial charge in [-0.3, -0.25) is 4.79 Å². The van der Waals surface area contributed by atoms with Crippen LogP contribution in [0.4, 0.5) is 4.39 Å². The van der Waals surface area contributed by atoms with Crippen molar-refractivity contribution >= 4 is 21.7 Å². The molecular formula is C13H14BrFO2. The Morgan fingerprint density at radius 1 is 1.59 bits per heavy atom. The first-order chi connectivity index (χ1) is 8.06. The van der Waals surface area contributed by atoms with E-state index in [0.717, 1.165) is 10.9 Å². The molecule has 1 aliphatic rings. The van der Waals surface area contributed by atoms with Gasteiger partial charge in [0.15, 0.2) is 0 Å².